The van der Waals surface area contributed by atoms with Gasteiger partial charge < -0.3 is 20.1 Å². The van der Waals surface area contributed by atoms with Gasteiger partial charge in [0.2, 0.25) is 0 Å². The van der Waals surface area contributed by atoms with Crippen LogP contribution in [0.1, 0.15) is 30.1 Å². The first-order valence-corrected chi connectivity index (χ1v) is 7.00. The fourth-order valence-electron chi connectivity index (χ4n) is 2.54. The molecular formula is C15H22N2O3. The van der Waals surface area contributed by atoms with Gasteiger partial charge in [-0.05, 0) is 31.9 Å². The molecule has 0 atom stereocenters. The zero-order valence-electron chi connectivity index (χ0n) is 12.1. The van der Waals surface area contributed by atoms with Crippen LogP contribution in [0.2, 0.25) is 0 Å². The van der Waals surface area contributed by atoms with Crippen LogP contribution in [0.4, 0.5) is 5.69 Å². The highest BCUT2D eigenvalue weighted by molar-refractivity contribution is 6.00. The lowest BCUT2D eigenvalue weighted by molar-refractivity contribution is 0.0146. The van der Waals surface area contributed by atoms with Gasteiger partial charge in [0.25, 0.3) is 5.91 Å². The second-order valence-corrected chi connectivity index (χ2v) is 4.87. The van der Waals surface area contributed by atoms with E-state index in [0.717, 1.165) is 19.4 Å². The molecule has 0 radical (unpaired) electrons. The summed E-state index contributed by atoms with van der Waals surface area (Å²) in [6.45, 7) is 4.14. The van der Waals surface area contributed by atoms with E-state index >= 15 is 0 Å². The van der Waals surface area contributed by atoms with Crippen LogP contribution < -0.4 is 10.5 Å². The second kappa shape index (κ2) is 6.61. The molecule has 0 aliphatic carbocycles. The molecule has 1 saturated heterocycles. The Hall–Kier alpha value is -1.75. The molecule has 1 aromatic carbocycles. The van der Waals surface area contributed by atoms with Crippen LogP contribution in [-0.4, -0.2) is 43.7 Å². The van der Waals surface area contributed by atoms with Crippen molar-refractivity contribution in [3.63, 3.8) is 0 Å². The topological polar surface area (TPSA) is 64.8 Å². The van der Waals surface area contributed by atoms with Crippen LogP contribution in [0.15, 0.2) is 18.2 Å². The average molecular weight is 278 g/mol. The van der Waals surface area contributed by atoms with Crippen molar-refractivity contribution in [3.8, 4) is 5.75 Å². The first-order chi connectivity index (χ1) is 9.67. The largest absolute Gasteiger partial charge is 0.495 e. The molecule has 0 aromatic heterocycles. The predicted octanol–water partition coefficient (Wildman–Crippen LogP) is 1.92. The zero-order valence-corrected chi connectivity index (χ0v) is 12.1. The van der Waals surface area contributed by atoms with Gasteiger partial charge in [0, 0.05) is 19.7 Å². The quantitative estimate of drug-likeness (QED) is 0.855. The molecule has 1 amide bonds. The lowest BCUT2D eigenvalue weighted by atomic mass is 10.1. The number of nitrogens with zero attached hydrogens (tertiary/aromatic N) is 1. The van der Waals surface area contributed by atoms with Crippen molar-refractivity contribution in [1.29, 1.82) is 0 Å². The number of benzene rings is 1. The lowest BCUT2D eigenvalue weighted by Crippen LogP contribution is -2.41. The molecule has 1 aliphatic heterocycles. The van der Waals surface area contributed by atoms with Crippen molar-refractivity contribution < 1.29 is 14.3 Å². The molecule has 0 unspecified atom stereocenters. The maximum Gasteiger partial charge on any atom is 0.256 e. The smallest absolute Gasteiger partial charge is 0.256 e. The molecule has 110 valence electrons. The van der Waals surface area contributed by atoms with Gasteiger partial charge in [-0.25, -0.2) is 0 Å². The normalized spacial score (nSPS) is 16.2. The Balaban J connectivity index is 2.06. The Morgan fingerprint density at radius 1 is 1.40 bits per heavy atom. The van der Waals surface area contributed by atoms with Crippen LogP contribution in [0.25, 0.3) is 0 Å². The zero-order chi connectivity index (χ0) is 14.5. The van der Waals surface area contributed by atoms with E-state index in [9.17, 15) is 4.79 Å². The molecule has 1 heterocycles. The monoisotopic (exact) mass is 278 g/mol. The summed E-state index contributed by atoms with van der Waals surface area (Å²) in [5.74, 6) is 0.511. The molecule has 2 N–H and O–H groups in total. The summed E-state index contributed by atoms with van der Waals surface area (Å²) in [4.78, 5) is 14.3. The van der Waals surface area contributed by atoms with Crippen molar-refractivity contribution in [3.05, 3.63) is 23.8 Å². The molecule has 1 aliphatic rings. The van der Waals surface area contributed by atoms with E-state index < -0.39 is 0 Å². The number of anilines is 1. The number of para-hydroxylation sites is 1. The molecule has 1 aromatic rings. The Bertz CT molecular complexity index is 468. The number of hydrogen-bond donors (Lipinski definition) is 1. The van der Waals surface area contributed by atoms with Crippen molar-refractivity contribution in [2.45, 2.75) is 25.9 Å². The first kappa shape index (κ1) is 14.7. The van der Waals surface area contributed by atoms with Crippen molar-refractivity contribution in [2.75, 3.05) is 32.5 Å². The number of carbonyl (C=O) groups excluding carboxylic acids is 1. The predicted molar refractivity (Wildman–Crippen MR) is 78.0 cm³/mol. The van der Waals surface area contributed by atoms with Gasteiger partial charge in [-0.2, -0.15) is 0 Å². The molecule has 1 fully saturated rings. The van der Waals surface area contributed by atoms with E-state index in [1.54, 1.807) is 25.3 Å². The number of carbonyl (C=O) groups is 1. The number of piperidine rings is 1. The number of amides is 1. The number of nitrogens with two attached hydrogens (primary N) is 1. The van der Waals surface area contributed by atoms with Crippen LogP contribution in [0.3, 0.4) is 0 Å². The van der Waals surface area contributed by atoms with Gasteiger partial charge in [0.1, 0.15) is 5.75 Å². The van der Waals surface area contributed by atoms with Gasteiger partial charge in [-0.15, -0.1) is 0 Å². The second-order valence-electron chi connectivity index (χ2n) is 4.87. The third-order valence-electron chi connectivity index (χ3n) is 3.65. The number of likely N-dealkylation sites (tertiary alicyclic amines) is 1. The summed E-state index contributed by atoms with van der Waals surface area (Å²) in [5.41, 5.74) is 6.90. The Morgan fingerprint density at radius 2 is 2.10 bits per heavy atom. The van der Waals surface area contributed by atoms with Crippen molar-refractivity contribution in [1.82, 2.24) is 4.90 Å². The maximum atomic E-state index is 12.5. The minimum absolute atomic E-state index is 0.0312. The van der Waals surface area contributed by atoms with E-state index in [4.69, 9.17) is 15.2 Å². The Morgan fingerprint density at radius 3 is 2.70 bits per heavy atom. The standard InChI is InChI=1S/C15H22N2O3/c1-3-20-11-7-9-17(10-8-11)15(18)12-5-4-6-13(19-2)14(12)16/h4-6,11H,3,7-10,16H2,1-2H3. The summed E-state index contributed by atoms with van der Waals surface area (Å²) in [7, 11) is 1.55. The van der Waals surface area contributed by atoms with Crippen LogP contribution in [0.5, 0.6) is 5.75 Å². The third kappa shape index (κ3) is 3.04. The van der Waals surface area contributed by atoms with Gasteiger partial charge in [0.15, 0.2) is 0 Å². The minimum Gasteiger partial charge on any atom is -0.495 e. The Kier molecular flexibility index (Phi) is 4.84. The number of ether oxygens (including phenoxy) is 2. The molecule has 0 spiro atoms. The number of hydrogen-bond acceptors (Lipinski definition) is 4. The van der Waals surface area contributed by atoms with Crippen molar-refractivity contribution >= 4 is 11.6 Å². The highest BCUT2D eigenvalue weighted by Crippen LogP contribution is 2.27. The SMILES string of the molecule is CCOC1CCN(C(=O)c2cccc(OC)c2N)CC1. The molecule has 5 nitrogen and oxygen atoms in total. The average Bonchev–Trinajstić information content (AvgIpc) is 2.48. The number of methoxy groups -OCH3 is 1. The maximum absolute atomic E-state index is 12.5. The van der Waals surface area contributed by atoms with E-state index in [2.05, 4.69) is 0 Å². The van der Waals surface area contributed by atoms with Gasteiger partial charge in [0.05, 0.1) is 24.5 Å². The molecule has 0 bridgehead atoms. The highest BCUT2D eigenvalue weighted by atomic mass is 16.5. The van der Waals surface area contributed by atoms with Crippen LogP contribution >= 0.6 is 0 Å². The van der Waals surface area contributed by atoms with Crippen LogP contribution in [0, 0.1) is 0 Å². The van der Waals surface area contributed by atoms with Crippen molar-refractivity contribution in [2.24, 2.45) is 0 Å². The van der Waals surface area contributed by atoms with E-state index in [1.807, 2.05) is 11.8 Å². The van der Waals surface area contributed by atoms with Gasteiger partial charge in [-0.1, -0.05) is 6.07 Å². The van der Waals surface area contributed by atoms with E-state index in [-0.39, 0.29) is 12.0 Å². The van der Waals surface area contributed by atoms with Gasteiger partial charge >= 0.3 is 0 Å². The first-order valence-electron chi connectivity index (χ1n) is 7.00. The summed E-state index contributed by atoms with van der Waals surface area (Å²) in [6, 6.07) is 5.29. The van der Waals surface area contributed by atoms with E-state index in [0.29, 0.717) is 30.1 Å². The third-order valence-corrected chi connectivity index (χ3v) is 3.65. The van der Waals surface area contributed by atoms with Crippen LogP contribution in [-0.2, 0) is 4.74 Å². The molecule has 20 heavy (non-hydrogen) atoms. The number of nitrogen functional groups attached to an aromatic ring is 1. The molecule has 2 rings (SSSR count). The fraction of sp³-hybridized carbons (Fsp3) is 0.533. The fourth-order valence-corrected chi connectivity index (χ4v) is 2.54. The summed E-state index contributed by atoms with van der Waals surface area (Å²) in [5, 5.41) is 0. The minimum atomic E-state index is -0.0312. The Labute approximate surface area is 119 Å². The lowest BCUT2D eigenvalue weighted by Gasteiger charge is -2.32. The molecular weight excluding hydrogens is 256 g/mol. The summed E-state index contributed by atoms with van der Waals surface area (Å²) in [6.07, 6.45) is 2.03. The molecule has 0 saturated carbocycles. The summed E-state index contributed by atoms with van der Waals surface area (Å²) >= 11 is 0. The molecule has 5 heteroatoms. The highest BCUT2D eigenvalue weighted by Gasteiger charge is 2.25. The van der Waals surface area contributed by atoms with Gasteiger partial charge in [-0.3, -0.25) is 4.79 Å². The van der Waals surface area contributed by atoms with E-state index in [1.165, 1.54) is 0 Å². The number of rotatable bonds is 4. The summed E-state index contributed by atoms with van der Waals surface area (Å²) < 4.78 is 10.8.